The fourth-order valence-corrected chi connectivity index (χ4v) is 7.38. The second kappa shape index (κ2) is 16.3. The van der Waals surface area contributed by atoms with E-state index in [2.05, 4.69) is 42.2 Å². The van der Waals surface area contributed by atoms with E-state index in [9.17, 15) is 18.7 Å². The second-order valence-corrected chi connectivity index (χ2v) is 14.4. The van der Waals surface area contributed by atoms with E-state index in [1.165, 1.54) is 11.1 Å². The summed E-state index contributed by atoms with van der Waals surface area (Å²) in [4.78, 5) is 17.6. The molecule has 2 fully saturated rings. The third kappa shape index (κ3) is 9.29. The molecule has 2 aromatic rings. The van der Waals surface area contributed by atoms with Gasteiger partial charge in [-0.1, -0.05) is 49.2 Å². The molecule has 1 aliphatic carbocycles. The van der Waals surface area contributed by atoms with E-state index in [1.807, 2.05) is 18.2 Å². The quantitative estimate of drug-likeness (QED) is 0.201. The predicted molar refractivity (Wildman–Crippen MR) is 187 cm³/mol. The van der Waals surface area contributed by atoms with Gasteiger partial charge in [0.05, 0.1) is 44.2 Å². The summed E-state index contributed by atoms with van der Waals surface area (Å²) in [6, 6.07) is 12.2. The Balaban J connectivity index is 1.35. The Morgan fingerprint density at radius 3 is 2.69 bits per heavy atom. The zero-order valence-corrected chi connectivity index (χ0v) is 29.6. The van der Waals surface area contributed by atoms with Gasteiger partial charge in [-0.2, -0.15) is 0 Å². The Morgan fingerprint density at radius 2 is 2.02 bits per heavy atom. The standard InChI is InChI=1S/C38H52ClF2N3O4/c1-5-8-29-19-32(39)12-14-33(29)31-22-44(35-20-28(26(2)45)11-15-37(35)48-23-31)21-30-10-13-34(30)36(9-6-7-16-42(4)27(3)46)47-18-17-43-24-38(40,41)25-43/h6,9,11-12,14-15,19-20,26,30-31,34,36,45H,5,7-8,10,13,16-18,21-25H2,1-4H3/b9-6+. The van der Waals surface area contributed by atoms with E-state index < -0.39 is 12.0 Å². The lowest BCUT2D eigenvalue weighted by Gasteiger charge is -2.44. The fourth-order valence-electron chi connectivity index (χ4n) is 7.19. The van der Waals surface area contributed by atoms with Crippen molar-refractivity contribution in [2.24, 2.45) is 11.8 Å². The highest BCUT2D eigenvalue weighted by atomic mass is 35.5. The number of carbonyl (C=O) groups excluding carboxylic acids is 1. The molecule has 0 spiro atoms. The molecule has 2 heterocycles. The van der Waals surface area contributed by atoms with Crippen molar-refractivity contribution in [2.45, 2.75) is 76.9 Å². The van der Waals surface area contributed by atoms with Gasteiger partial charge in [-0.15, -0.1) is 0 Å². The number of ether oxygens (including phenoxy) is 2. The number of aliphatic hydroxyl groups is 1. The Kier molecular flexibility index (Phi) is 12.4. The van der Waals surface area contributed by atoms with Gasteiger partial charge >= 0.3 is 0 Å². The number of aryl methyl sites for hydroxylation is 1. The van der Waals surface area contributed by atoms with Crippen molar-refractivity contribution in [3.8, 4) is 5.75 Å². The monoisotopic (exact) mass is 687 g/mol. The Bertz CT molecular complexity index is 1410. The van der Waals surface area contributed by atoms with Crippen molar-refractivity contribution in [1.82, 2.24) is 9.80 Å². The van der Waals surface area contributed by atoms with Crippen molar-refractivity contribution in [2.75, 3.05) is 64.4 Å². The Morgan fingerprint density at radius 1 is 1.23 bits per heavy atom. The molecular weight excluding hydrogens is 636 g/mol. The first-order valence-corrected chi connectivity index (χ1v) is 17.9. The first-order chi connectivity index (χ1) is 22.9. The molecule has 10 heteroatoms. The van der Waals surface area contributed by atoms with Crippen molar-refractivity contribution < 1.29 is 28.2 Å². The number of carbonyl (C=O) groups is 1. The summed E-state index contributed by atoms with van der Waals surface area (Å²) in [7, 11) is 1.79. The molecule has 1 saturated carbocycles. The molecule has 1 N–H and O–H groups in total. The van der Waals surface area contributed by atoms with Gasteiger partial charge in [0, 0.05) is 51.1 Å². The van der Waals surface area contributed by atoms with Crippen LogP contribution in [0, 0.1) is 11.8 Å². The number of aliphatic hydroxyl groups excluding tert-OH is 1. The van der Waals surface area contributed by atoms with Crippen LogP contribution in [0.2, 0.25) is 5.02 Å². The molecule has 1 amide bonds. The topological polar surface area (TPSA) is 65.5 Å². The summed E-state index contributed by atoms with van der Waals surface area (Å²) in [6.07, 6.45) is 8.21. The van der Waals surface area contributed by atoms with Crippen LogP contribution in [0.1, 0.15) is 75.2 Å². The molecule has 0 aromatic heterocycles. The third-order valence-electron chi connectivity index (χ3n) is 10.2. The Labute approximate surface area is 289 Å². The van der Waals surface area contributed by atoms with Crippen LogP contribution in [-0.2, 0) is 16.0 Å². The van der Waals surface area contributed by atoms with Crippen molar-refractivity contribution in [3.63, 3.8) is 0 Å². The fraction of sp³-hybridized carbons (Fsp3) is 0.605. The minimum atomic E-state index is -2.59. The third-order valence-corrected chi connectivity index (χ3v) is 10.5. The van der Waals surface area contributed by atoms with E-state index in [0.29, 0.717) is 38.6 Å². The van der Waals surface area contributed by atoms with Crippen molar-refractivity contribution >= 4 is 23.2 Å². The SMILES string of the molecule is CCCc1cc(Cl)ccc1C1COc2ccc(C(C)O)cc2N(CC2CCC2C(/C=C/CCN(C)C(C)=O)OCCN2CC(F)(F)C2)C1. The summed E-state index contributed by atoms with van der Waals surface area (Å²) in [5.74, 6) is -1.01. The molecule has 3 aliphatic rings. The van der Waals surface area contributed by atoms with E-state index in [4.69, 9.17) is 21.1 Å². The molecule has 2 aliphatic heterocycles. The number of likely N-dealkylation sites (tertiary alicyclic amines) is 1. The molecule has 1 saturated heterocycles. The van der Waals surface area contributed by atoms with Crippen LogP contribution in [-0.4, -0.2) is 92.4 Å². The lowest BCUT2D eigenvalue weighted by Crippen LogP contribution is -2.57. The number of hydrogen-bond donors (Lipinski definition) is 1. The minimum absolute atomic E-state index is 0.0285. The maximum absolute atomic E-state index is 13.4. The molecule has 7 nitrogen and oxygen atoms in total. The van der Waals surface area contributed by atoms with Crippen molar-refractivity contribution in [1.29, 1.82) is 0 Å². The highest BCUT2D eigenvalue weighted by Crippen LogP contribution is 2.43. The molecule has 264 valence electrons. The molecule has 5 atom stereocenters. The number of rotatable bonds is 15. The number of anilines is 1. The minimum Gasteiger partial charge on any atom is -0.491 e. The van der Waals surface area contributed by atoms with Gasteiger partial charge in [-0.05, 0) is 85.4 Å². The van der Waals surface area contributed by atoms with Gasteiger partial charge in [0.2, 0.25) is 5.91 Å². The van der Waals surface area contributed by atoms with E-state index in [0.717, 1.165) is 60.8 Å². The lowest BCUT2D eigenvalue weighted by molar-refractivity contribution is -0.138. The maximum atomic E-state index is 13.4. The summed E-state index contributed by atoms with van der Waals surface area (Å²) < 4.78 is 39.8. The van der Waals surface area contributed by atoms with Crippen LogP contribution in [0.4, 0.5) is 14.5 Å². The summed E-state index contributed by atoms with van der Waals surface area (Å²) in [6.45, 7) is 8.70. The molecule has 0 bridgehead atoms. The molecule has 5 unspecified atom stereocenters. The second-order valence-electron chi connectivity index (χ2n) is 14.0. The van der Waals surface area contributed by atoms with Crippen LogP contribution < -0.4 is 9.64 Å². The van der Waals surface area contributed by atoms with Crippen molar-refractivity contribution in [3.05, 3.63) is 70.3 Å². The zero-order valence-electron chi connectivity index (χ0n) is 28.8. The summed E-state index contributed by atoms with van der Waals surface area (Å²) >= 11 is 6.43. The average Bonchev–Trinajstić information content (AvgIpc) is 3.19. The highest BCUT2D eigenvalue weighted by Gasteiger charge is 2.44. The molecule has 0 radical (unpaired) electrons. The number of amides is 1. The van der Waals surface area contributed by atoms with Crippen LogP contribution in [0.25, 0.3) is 0 Å². The average molecular weight is 688 g/mol. The molecule has 5 rings (SSSR count). The maximum Gasteiger partial charge on any atom is 0.272 e. The molecule has 2 aromatic carbocycles. The van der Waals surface area contributed by atoms with Crippen LogP contribution in [0.15, 0.2) is 48.6 Å². The largest absolute Gasteiger partial charge is 0.491 e. The van der Waals surface area contributed by atoms with Gasteiger partial charge < -0.3 is 24.4 Å². The Hall–Kier alpha value is -2.72. The number of hydrogen-bond acceptors (Lipinski definition) is 6. The lowest BCUT2D eigenvalue weighted by atomic mass is 9.70. The van der Waals surface area contributed by atoms with Crippen LogP contribution in [0.5, 0.6) is 5.75 Å². The van der Waals surface area contributed by atoms with Gasteiger partial charge in [-0.3, -0.25) is 9.69 Å². The van der Waals surface area contributed by atoms with Crippen LogP contribution >= 0.6 is 11.6 Å². The van der Waals surface area contributed by atoms with E-state index in [1.54, 1.807) is 30.7 Å². The normalized spacial score (nSPS) is 23.4. The molecule has 48 heavy (non-hydrogen) atoms. The molecular formula is C38H52ClF2N3O4. The number of fused-ring (bicyclic) bond motifs is 1. The summed E-state index contributed by atoms with van der Waals surface area (Å²) in [5, 5.41) is 11.2. The number of nitrogens with zero attached hydrogens (tertiary/aromatic N) is 3. The van der Waals surface area contributed by atoms with E-state index in [-0.39, 0.29) is 36.9 Å². The van der Waals surface area contributed by atoms with Gasteiger partial charge in [-0.25, -0.2) is 8.78 Å². The summed E-state index contributed by atoms with van der Waals surface area (Å²) in [5.41, 5.74) is 4.35. The smallest absolute Gasteiger partial charge is 0.272 e. The first kappa shape index (κ1) is 36.6. The van der Waals surface area contributed by atoms with Gasteiger partial charge in [0.1, 0.15) is 5.75 Å². The van der Waals surface area contributed by atoms with Gasteiger partial charge in [0.15, 0.2) is 0 Å². The van der Waals surface area contributed by atoms with Crippen LogP contribution in [0.3, 0.4) is 0 Å². The zero-order chi connectivity index (χ0) is 34.4. The first-order valence-electron chi connectivity index (χ1n) is 17.5. The van der Waals surface area contributed by atoms with Gasteiger partial charge in [0.25, 0.3) is 5.92 Å². The highest BCUT2D eigenvalue weighted by molar-refractivity contribution is 6.30. The number of benzene rings is 2. The number of halogens is 3. The number of alkyl halides is 2. The van der Waals surface area contributed by atoms with E-state index >= 15 is 0 Å². The predicted octanol–water partition coefficient (Wildman–Crippen LogP) is 7.12.